The minimum absolute atomic E-state index is 0.281. The molecule has 0 spiro atoms. The van der Waals surface area contributed by atoms with E-state index in [1.165, 1.54) is 12.8 Å². The summed E-state index contributed by atoms with van der Waals surface area (Å²) in [5.41, 5.74) is 4.00. The van der Waals surface area contributed by atoms with Crippen LogP contribution in [-0.2, 0) is 24.9 Å². The van der Waals surface area contributed by atoms with E-state index in [4.69, 9.17) is 26.2 Å². The quantitative estimate of drug-likeness (QED) is 0.219. The van der Waals surface area contributed by atoms with Crippen LogP contribution in [0.2, 0.25) is 5.02 Å². The molecular weight excluding hydrogens is 498 g/mol. The minimum Gasteiger partial charge on any atom is -0.439 e. The summed E-state index contributed by atoms with van der Waals surface area (Å²) in [6.07, 6.45) is 1.85. The van der Waals surface area contributed by atoms with Crippen LogP contribution in [0.4, 0.5) is 0 Å². The number of nitrogens with zero attached hydrogens (tertiary/aromatic N) is 3. The van der Waals surface area contributed by atoms with Gasteiger partial charge in [0.05, 0.1) is 24.9 Å². The highest BCUT2D eigenvalue weighted by Crippen LogP contribution is 2.36. The van der Waals surface area contributed by atoms with Crippen LogP contribution in [0.1, 0.15) is 24.0 Å². The third-order valence-corrected chi connectivity index (χ3v) is 6.90. The van der Waals surface area contributed by atoms with Gasteiger partial charge in [0.1, 0.15) is 11.4 Å². The maximum atomic E-state index is 10.9. The molecule has 7 heteroatoms. The highest BCUT2D eigenvalue weighted by molar-refractivity contribution is 6.30. The highest BCUT2D eigenvalue weighted by atomic mass is 35.5. The fraction of sp³-hybridized carbons (Fsp3) is 0.323. The second-order valence-corrected chi connectivity index (χ2v) is 10.4. The van der Waals surface area contributed by atoms with Crippen LogP contribution in [0, 0.1) is 5.92 Å². The molecule has 1 heterocycles. The zero-order chi connectivity index (χ0) is 26.3. The molecule has 0 amide bonds. The van der Waals surface area contributed by atoms with Crippen molar-refractivity contribution in [3.8, 4) is 22.9 Å². The van der Waals surface area contributed by atoms with Crippen molar-refractivity contribution in [3.63, 3.8) is 0 Å². The molecule has 0 bridgehead atoms. The van der Waals surface area contributed by atoms with Crippen molar-refractivity contribution >= 4 is 11.6 Å². The van der Waals surface area contributed by atoms with Crippen LogP contribution in [-0.4, -0.2) is 45.6 Å². The Morgan fingerprint density at radius 2 is 1.68 bits per heavy atom. The molecule has 1 aliphatic carbocycles. The summed E-state index contributed by atoms with van der Waals surface area (Å²) in [6, 6.07) is 27.5. The Bertz CT molecular complexity index is 1290. The smallest absolute Gasteiger partial charge is 0.222 e. The molecule has 1 atom stereocenters. The van der Waals surface area contributed by atoms with Crippen LogP contribution < -0.4 is 4.74 Å². The largest absolute Gasteiger partial charge is 0.439 e. The molecule has 0 radical (unpaired) electrons. The van der Waals surface area contributed by atoms with E-state index in [2.05, 4.69) is 17.0 Å². The van der Waals surface area contributed by atoms with Crippen molar-refractivity contribution in [1.82, 2.24) is 14.7 Å². The summed E-state index contributed by atoms with van der Waals surface area (Å²) in [7, 11) is 1.90. The molecule has 38 heavy (non-hydrogen) atoms. The number of ether oxygens (including phenoxy) is 2. The monoisotopic (exact) mass is 531 g/mol. The minimum atomic E-state index is -0.602. The van der Waals surface area contributed by atoms with Crippen molar-refractivity contribution in [3.05, 3.63) is 101 Å². The van der Waals surface area contributed by atoms with Crippen LogP contribution >= 0.6 is 11.6 Å². The van der Waals surface area contributed by atoms with E-state index in [1.807, 2.05) is 79.8 Å². The number of hydrogen-bond acceptors (Lipinski definition) is 5. The van der Waals surface area contributed by atoms with Crippen molar-refractivity contribution < 1.29 is 14.6 Å². The zero-order valence-corrected chi connectivity index (χ0v) is 22.4. The predicted octanol–water partition coefficient (Wildman–Crippen LogP) is 6.32. The Labute approximate surface area is 229 Å². The number of hydrogen-bond donors (Lipinski definition) is 1. The Balaban J connectivity index is 1.35. The Morgan fingerprint density at radius 3 is 2.37 bits per heavy atom. The average molecular weight is 532 g/mol. The van der Waals surface area contributed by atoms with E-state index in [0.717, 1.165) is 28.9 Å². The summed E-state index contributed by atoms with van der Waals surface area (Å²) < 4.78 is 14.0. The van der Waals surface area contributed by atoms with Gasteiger partial charge in [0.2, 0.25) is 5.88 Å². The van der Waals surface area contributed by atoms with Crippen LogP contribution in [0.15, 0.2) is 84.9 Å². The first-order valence-corrected chi connectivity index (χ1v) is 13.5. The van der Waals surface area contributed by atoms with E-state index >= 15 is 0 Å². The molecule has 1 aromatic heterocycles. The first kappa shape index (κ1) is 26.4. The van der Waals surface area contributed by atoms with Crippen LogP contribution in [0.3, 0.4) is 0 Å². The van der Waals surface area contributed by atoms with E-state index in [-0.39, 0.29) is 6.61 Å². The molecular formula is C31H34ClN3O3. The van der Waals surface area contributed by atoms with Gasteiger partial charge in [0.25, 0.3) is 0 Å². The highest BCUT2D eigenvalue weighted by Gasteiger charge is 2.28. The Kier molecular flexibility index (Phi) is 8.76. The van der Waals surface area contributed by atoms with Gasteiger partial charge in [-0.1, -0.05) is 72.3 Å². The lowest BCUT2D eigenvalue weighted by Crippen LogP contribution is -2.36. The summed E-state index contributed by atoms with van der Waals surface area (Å²) in [4.78, 5) is 2.31. The lowest BCUT2D eigenvalue weighted by Gasteiger charge is -2.25. The van der Waals surface area contributed by atoms with Crippen LogP contribution in [0.5, 0.6) is 11.6 Å². The number of aromatic nitrogens is 2. The third-order valence-electron chi connectivity index (χ3n) is 6.65. The topological polar surface area (TPSA) is 59.8 Å². The number of aliphatic hydroxyl groups excluding tert-OH is 1. The van der Waals surface area contributed by atoms with Crippen LogP contribution in [0.25, 0.3) is 11.3 Å². The number of rotatable bonds is 13. The summed E-state index contributed by atoms with van der Waals surface area (Å²) in [6.45, 7) is 2.80. The molecule has 1 unspecified atom stereocenters. The Hall–Kier alpha value is -3.16. The lowest BCUT2D eigenvalue weighted by atomic mass is 10.1. The van der Waals surface area contributed by atoms with Gasteiger partial charge in [0.15, 0.2) is 0 Å². The van der Waals surface area contributed by atoms with Crippen molar-refractivity contribution in [2.45, 2.75) is 32.1 Å². The second kappa shape index (κ2) is 12.6. The molecule has 1 aliphatic rings. The summed E-state index contributed by atoms with van der Waals surface area (Å²) in [5.74, 6) is 2.04. The van der Waals surface area contributed by atoms with E-state index < -0.39 is 6.10 Å². The molecule has 4 aromatic rings. The maximum absolute atomic E-state index is 10.9. The number of aryl methyl sites for hydroxylation is 1. The number of benzene rings is 3. The first-order chi connectivity index (χ1) is 18.5. The molecule has 5 rings (SSSR count). The van der Waals surface area contributed by atoms with Crippen molar-refractivity contribution in [2.75, 3.05) is 19.7 Å². The normalized spacial score (nSPS) is 14.1. The molecule has 1 saturated carbocycles. The van der Waals surface area contributed by atoms with Crippen molar-refractivity contribution in [1.29, 1.82) is 0 Å². The number of aliphatic hydroxyl groups is 1. The molecule has 198 valence electrons. The SMILES string of the molecule is Cn1nc(-c2ccccc2)c(CN(CC(O)COCc2ccccc2)CC2CC2)c1Oc1ccc(Cl)cc1. The summed E-state index contributed by atoms with van der Waals surface area (Å²) >= 11 is 6.09. The van der Waals surface area contributed by atoms with E-state index in [9.17, 15) is 5.11 Å². The second-order valence-electron chi connectivity index (χ2n) is 9.97. The van der Waals surface area contributed by atoms with Gasteiger partial charge >= 0.3 is 0 Å². The average Bonchev–Trinajstić information content (AvgIpc) is 3.70. The van der Waals surface area contributed by atoms with Gasteiger partial charge in [-0.2, -0.15) is 5.10 Å². The first-order valence-electron chi connectivity index (χ1n) is 13.1. The van der Waals surface area contributed by atoms with E-state index in [0.29, 0.717) is 42.3 Å². The molecule has 3 aromatic carbocycles. The Morgan fingerprint density at radius 1 is 1.00 bits per heavy atom. The van der Waals surface area contributed by atoms with Gasteiger partial charge in [-0.3, -0.25) is 4.90 Å². The summed E-state index contributed by atoms with van der Waals surface area (Å²) in [5, 5.41) is 16.4. The van der Waals surface area contributed by atoms with Gasteiger partial charge in [-0.25, -0.2) is 4.68 Å². The van der Waals surface area contributed by atoms with Gasteiger partial charge in [-0.05, 0) is 48.6 Å². The number of halogens is 1. The standard InChI is InChI=1S/C31H34ClN3O3/c1-34-31(38-28-16-14-26(32)15-17-28)29(30(33-34)25-10-6-3-7-11-25)20-35(18-23-12-13-23)19-27(36)22-37-21-24-8-4-2-5-9-24/h2-11,14-17,23,27,36H,12-13,18-22H2,1H3. The zero-order valence-electron chi connectivity index (χ0n) is 21.7. The molecule has 0 aliphatic heterocycles. The van der Waals surface area contributed by atoms with E-state index in [1.54, 1.807) is 4.68 Å². The molecule has 1 fully saturated rings. The van der Waals surface area contributed by atoms with Gasteiger partial charge in [-0.15, -0.1) is 0 Å². The molecule has 0 saturated heterocycles. The van der Waals surface area contributed by atoms with Crippen molar-refractivity contribution in [2.24, 2.45) is 13.0 Å². The molecule has 6 nitrogen and oxygen atoms in total. The lowest BCUT2D eigenvalue weighted by molar-refractivity contribution is 0.00774. The third kappa shape index (κ3) is 7.23. The van der Waals surface area contributed by atoms with Gasteiger partial charge in [0, 0.05) is 37.3 Å². The maximum Gasteiger partial charge on any atom is 0.222 e. The van der Waals surface area contributed by atoms with Gasteiger partial charge < -0.3 is 14.6 Å². The fourth-order valence-electron chi connectivity index (χ4n) is 4.60. The predicted molar refractivity (Wildman–Crippen MR) is 150 cm³/mol. The fourth-order valence-corrected chi connectivity index (χ4v) is 4.72. The molecule has 1 N–H and O–H groups in total.